The van der Waals surface area contributed by atoms with Gasteiger partial charge in [0.25, 0.3) is 0 Å². The summed E-state index contributed by atoms with van der Waals surface area (Å²) >= 11 is 9.62. The Labute approximate surface area is 170 Å². The van der Waals surface area contributed by atoms with Gasteiger partial charge in [-0.1, -0.05) is 54.1 Å². The lowest BCUT2D eigenvalue weighted by atomic mass is 10.0. The summed E-state index contributed by atoms with van der Waals surface area (Å²) in [5, 5.41) is 10.0. The summed E-state index contributed by atoms with van der Waals surface area (Å²) in [7, 11) is 0. The fraction of sp³-hybridized carbons (Fsp3) is 0.0455. The molecule has 134 valence electrons. The topological polar surface area (TPSA) is 33.0 Å². The highest BCUT2D eigenvalue weighted by Gasteiger charge is 2.09. The number of ether oxygens (including phenoxy) is 1. The second-order valence-corrected chi connectivity index (χ2v) is 6.98. The zero-order valence-corrected chi connectivity index (χ0v) is 16.5. The van der Waals surface area contributed by atoms with Gasteiger partial charge in [0.2, 0.25) is 0 Å². The van der Waals surface area contributed by atoms with Crippen molar-refractivity contribution in [3.8, 4) is 11.8 Å². The monoisotopic (exact) mass is 441 g/mol. The standard InChI is InChI=1S/C22H14BrClFNO/c23-19-12-15(11-17(13-26)18-6-2-4-8-21(18)25)9-10-22(19)27-14-16-5-1-3-7-20(16)24/h1-12H,14H2. The lowest BCUT2D eigenvalue weighted by Crippen LogP contribution is -1.97. The minimum absolute atomic E-state index is 0.254. The summed E-state index contributed by atoms with van der Waals surface area (Å²) in [5.74, 6) is 0.223. The maximum absolute atomic E-state index is 13.9. The van der Waals surface area contributed by atoms with Crippen molar-refractivity contribution >= 4 is 39.2 Å². The molecule has 0 bridgehead atoms. The van der Waals surface area contributed by atoms with Crippen LogP contribution >= 0.6 is 27.5 Å². The molecule has 5 heteroatoms. The van der Waals surface area contributed by atoms with E-state index in [4.69, 9.17) is 16.3 Å². The molecule has 0 aliphatic rings. The first kappa shape index (κ1) is 19.2. The van der Waals surface area contributed by atoms with Crippen molar-refractivity contribution in [1.29, 1.82) is 5.26 Å². The third-order valence-corrected chi connectivity index (χ3v) is 4.88. The van der Waals surface area contributed by atoms with Crippen LogP contribution in [-0.4, -0.2) is 0 Å². The molecule has 0 spiro atoms. The molecule has 0 N–H and O–H groups in total. The number of rotatable bonds is 5. The highest BCUT2D eigenvalue weighted by Crippen LogP contribution is 2.29. The Bertz CT molecular complexity index is 1040. The molecule has 3 aromatic rings. The van der Waals surface area contributed by atoms with Crippen LogP contribution in [0.2, 0.25) is 5.02 Å². The Morgan fingerprint density at radius 1 is 1.11 bits per heavy atom. The van der Waals surface area contributed by atoms with E-state index in [1.807, 2.05) is 36.4 Å². The van der Waals surface area contributed by atoms with Crippen LogP contribution in [0.25, 0.3) is 11.6 Å². The van der Waals surface area contributed by atoms with E-state index in [1.165, 1.54) is 6.07 Å². The van der Waals surface area contributed by atoms with Gasteiger partial charge in [-0.05, 0) is 51.8 Å². The number of allylic oxidation sites excluding steroid dienone is 1. The second kappa shape index (κ2) is 8.85. The summed E-state index contributed by atoms with van der Waals surface area (Å²) in [6.45, 7) is 0.339. The zero-order chi connectivity index (χ0) is 19.2. The van der Waals surface area contributed by atoms with Crippen LogP contribution in [0.15, 0.2) is 71.2 Å². The number of hydrogen-bond donors (Lipinski definition) is 0. The summed E-state index contributed by atoms with van der Waals surface area (Å²) in [4.78, 5) is 0. The number of nitriles is 1. The van der Waals surface area contributed by atoms with Crippen molar-refractivity contribution in [3.05, 3.63) is 98.7 Å². The summed E-state index contributed by atoms with van der Waals surface area (Å²) in [6, 6.07) is 21.2. The van der Waals surface area contributed by atoms with Crippen molar-refractivity contribution in [2.75, 3.05) is 0 Å². The van der Waals surface area contributed by atoms with E-state index in [0.29, 0.717) is 17.4 Å². The number of halogens is 3. The smallest absolute Gasteiger partial charge is 0.134 e. The molecule has 0 heterocycles. The molecule has 0 aromatic heterocycles. The van der Waals surface area contributed by atoms with E-state index >= 15 is 0 Å². The van der Waals surface area contributed by atoms with Gasteiger partial charge in [0, 0.05) is 16.1 Å². The molecule has 0 aliphatic carbocycles. The molecule has 3 rings (SSSR count). The van der Waals surface area contributed by atoms with Crippen LogP contribution < -0.4 is 4.74 Å². The average molecular weight is 443 g/mol. The molecule has 0 fully saturated rings. The zero-order valence-electron chi connectivity index (χ0n) is 14.1. The predicted octanol–water partition coefficient (Wildman–Crippen LogP) is 6.88. The van der Waals surface area contributed by atoms with Crippen LogP contribution in [0.3, 0.4) is 0 Å². The van der Waals surface area contributed by atoms with Crippen LogP contribution in [0.4, 0.5) is 4.39 Å². The Balaban J connectivity index is 1.81. The van der Waals surface area contributed by atoms with Gasteiger partial charge in [-0.15, -0.1) is 0 Å². The van der Waals surface area contributed by atoms with Gasteiger partial charge in [-0.3, -0.25) is 0 Å². The van der Waals surface area contributed by atoms with Crippen LogP contribution in [0.1, 0.15) is 16.7 Å². The van der Waals surface area contributed by atoms with E-state index in [-0.39, 0.29) is 11.1 Å². The van der Waals surface area contributed by atoms with Crippen LogP contribution in [-0.2, 0) is 6.61 Å². The Kier molecular flexibility index (Phi) is 6.28. The molecule has 0 amide bonds. The van der Waals surface area contributed by atoms with Gasteiger partial charge >= 0.3 is 0 Å². The Morgan fingerprint density at radius 3 is 2.56 bits per heavy atom. The first-order chi connectivity index (χ1) is 13.1. The highest BCUT2D eigenvalue weighted by atomic mass is 79.9. The molecular weight excluding hydrogens is 429 g/mol. The van der Waals surface area contributed by atoms with Crippen molar-refractivity contribution in [2.45, 2.75) is 6.61 Å². The predicted molar refractivity (Wildman–Crippen MR) is 110 cm³/mol. The van der Waals surface area contributed by atoms with E-state index in [9.17, 15) is 9.65 Å². The van der Waals surface area contributed by atoms with Gasteiger partial charge in [0.15, 0.2) is 0 Å². The first-order valence-corrected chi connectivity index (χ1v) is 9.28. The fourth-order valence-corrected chi connectivity index (χ4v) is 3.21. The molecule has 0 saturated carbocycles. The Morgan fingerprint density at radius 2 is 1.85 bits per heavy atom. The molecule has 3 aromatic carbocycles. The minimum atomic E-state index is -0.427. The van der Waals surface area contributed by atoms with E-state index in [2.05, 4.69) is 22.0 Å². The summed E-state index contributed by atoms with van der Waals surface area (Å²) in [6.07, 6.45) is 1.64. The molecule has 0 atom stereocenters. The number of hydrogen-bond acceptors (Lipinski definition) is 2. The molecule has 0 unspecified atom stereocenters. The van der Waals surface area contributed by atoms with Crippen molar-refractivity contribution in [3.63, 3.8) is 0 Å². The third kappa shape index (κ3) is 4.77. The normalized spacial score (nSPS) is 11.1. The molecule has 0 aliphatic heterocycles. The van der Waals surface area contributed by atoms with Crippen molar-refractivity contribution in [1.82, 2.24) is 0 Å². The number of nitrogens with zero attached hydrogens (tertiary/aromatic N) is 1. The molecule has 0 saturated heterocycles. The van der Waals surface area contributed by atoms with Gasteiger partial charge in [0.1, 0.15) is 18.2 Å². The first-order valence-electron chi connectivity index (χ1n) is 8.11. The van der Waals surface area contributed by atoms with E-state index in [1.54, 1.807) is 30.3 Å². The maximum Gasteiger partial charge on any atom is 0.134 e. The average Bonchev–Trinajstić information content (AvgIpc) is 2.67. The molecule has 0 radical (unpaired) electrons. The summed E-state index contributed by atoms with van der Waals surface area (Å²) < 4.78 is 20.5. The molecule has 2 nitrogen and oxygen atoms in total. The molecule has 27 heavy (non-hydrogen) atoms. The van der Waals surface area contributed by atoms with Gasteiger partial charge in [-0.25, -0.2) is 4.39 Å². The van der Waals surface area contributed by atoms with Gasteiger partial charge in [0.05, 0.1) is 16.1 Å². The third-order valence-electron chi connectivity index (χ3n) is 3.89. The quantitative estimate of drug-likeness (QED) is 0.318. The largest absolute Gasteiger partial charge is 0.488 e. The summed E-state index contributed by atoms with van der Waals surface area (Å²) in [5.41, 5.74) is 2.17. The van der Waals surface area contributed by atoms with E-state index < -0.39 is 5.82 Å². The SMILES string of the molecule is N#CC(=Cc1ccc(OCc2ccccc2Cl)c(Br)c1)c1ccccc1F. The highest BCUT2D eigenvalue weighted by molar-refractivity contribution is 9.10. The second-order valence-electron chi connectivity index (χ2n) is 5.72. The minimum Gasteiger partial charge on any atom is -0.488 e. The molecular formula is C22H14BrClFNO. The van der Waals surface area contributed by atoms with Crippen LogP contribution in [0, 0.1) is 17.1 Å². The number of benzene rings is 3. The van der Waals surface area contributed by atoms with Crippen LogP contribution in [0.5, 0.6) is 5.75 Å². The Hall–Kier alpha value is -2.61. The van der Waals surface area contributed by atoms with Gasteiger partial charge in [-0.2, -0.15) is 5.26 Å². The lowest BCUT2D eigenvalue weighted by Gasteiger charge is -2.10. The lowest BCUT2D eigenvalue weighted by molar-refractivity contribution is 0.304. The van der Waals surface area contributed by atoms with Crippen molar-refractivity contribution < 1.29 is 9.13 Å². The maximum atomic E-state index is 13.9. The van der Waals surface area contributed by atoms with E-state index in [0.717, 1.165) is 15.6 Å². The fourth-order valence-electron chi connectivity index (χ4n) is 2.51. The van der Waals surface area contributed by atoms with Crippen molar-refractivity contribution in [2.24, 2.45) is 0 Å². The van der Waals surface area contributed by atoms with Gasteiger partial charge < -0.3 is 4.74 Å².